The van der Waals surface area contributed by atoms with E-state index in [-0.39, 0.29) is 18.0 Å². The number of nitrogens with two attached hydrogens (primary N) is 1. The first-order valence-corrected chi connectivity index (χ1v) is 6.01. The van der Waals surface area contributed by atoms with Gasteiger partial charge in [-0.25, -0.2) is 0 Å². The third-order valence-electron chi connectivity index (χ3n) is 2.82. The number of rotatable bonds is 3. The molecule has 2 rings (SSSR count). The Labute approximate surface area is 106 Å². The Hall–Kier alpha value is -1.32. The van der Waals surface area contributed by atoms with Gasteiger partial charge < -0.3 is 11.1 Å². The summed E-state index contributed by atoms with van der Waals surface area (Å²) >= 11 is 5.77. The van der Waals surface area contributed by atoms with Crippen LogP contribution in [0.2, 0.25) is 5.02 Å². The molecule has 0 bridgehead atoms. The van der Waals surface area contributed by atoms with Gasteiger partial charge in [0.25, 0.3) is 0 Å². The third kappa shape index (κ3) is 3.58. The van der Waals surface area contributed by atoms with Crippen molar-refractivity contribution in [2.45, 2.75) is 24.9 Å². The van der Waals surface area contributed by atoms with Crippen molar-refractivity contribution in [3.63, 3.8) is 0 Å². The highest BCUT2D eigenvalue weighted by Gasteiger charge is 2.26. The van der Waals surface area contributed by atoms with Crippen LogP contribution in [0.5, 0.6) is 0 Å². The van der Waals surface area contributed by atoms with E-state index in [0.717, 1.165) is 18.4 Å². The molecule has 1 aliphatic carbocycles. The summed E-state index contributed by atoms with van der Waals surface area (Å²) in [5.74, 6) is -0.0724. The Balaban J connectivity index is 1.83. The predicted molar refractivity (Wildman–Crippen MR) is 69.6 cm³/mol. The maximum atomic E-state index is 11.5. The largest absolute Gasteiger partial charge is 0.350 e. The number of benzene rings is 1. The molecule has 1 amide bonds. The van der Waals surface area contributed by atoms with Crippen LogP contribution < -0.4 is 11.1 Å². The second kappa shape index (κ2) is 5.34. The Kier molecular flexibility index (Phi) is 3.82. The standard InChI is InChI=1S/C13H15ClN2O/c14-10-4-1-9(2-5-10)3-6-13(17)16-12-7-11(15)8-12/h1-6,11-12H,7-8,15H2,(H,16,17)/b6-3+. The fourth-order valence-corrected chi connectivity index (χ4v) is 1.90. The molecule has 0 unspecified atom stereocenters. The lowest BCUT2D eigenvalue weighted by Crippen LogP contribution is -2.49. The van der Waals surface area contributed by atoms with Gasteiger partial charge in [0.1, 0.15) is 0 Å². The van der Waals surface area contributed by atoms with E-state index >= 15 is 0 Å². The highest BCUT2D eigenvalue weighted by molar-refractivity contribution is 6.30. The lowest BCUT2D eigenvalue weighted by atomic mass is 9.88. The number of hydrogen-bond acceptors (Lipinski definition) is 2. The summed E-state index contributed by atoms with van der Waals surface area (Å²) < 4.78 is 0. The summed E-state index contributed by atoms with van der Waals surface area (Å²) in [7, 11) is 0. The van der Waals surface area contributed by atoms with Crippen molar-refractivity contribution in [3.05, 3.63) is 40.9 Å². The summed E-state index contributed by atoms with van der Waals surface area (Å²) in [6, 6.07) is 7.82. The van der Waals surface area contributed by atoms with Crippen LogP contribution in [-0.4, -0.2) is 18.0 Å². The van der Waals surface area contributed by atoms with E-state index < -0.39 is 0 Å². The summed E-state index contributed by atoms with van der Waals surface area (Å²) in [5, 5.41) is 3.59. The van der Waals surface area contributed by atoms with Crippen LogP contribution in [0.15, 0.2) is 30.3 Å². The minimum atomic E-state index is -0.0724. The van der Waals surface area contributed by atoms with E-state index in [2.05, 4.69) is 5.32 Å². The van der Waals surface area contributed by atoms with Gasteiger partial charge in [0.15, 0.2) is 0 Å². The maximum absolute atomic E-state index is 11.5. The fraction of sp³-hybridized carbons (Fsp3) is 0.308. The van der Waals surface area contributed by atoms with E-state index in [0.29, 0.717) is 5.02 Å². The highest BCUT2D eigenvalue weighted by Crippen LogP contribution is 2.17. The fourth-order valence-electron chi connectivity index (χ4n) is 1.77. The third-order valence-corrected chi connectivity index (χ3v) is 3.07. The van der Waals surface area contributed by atoms with Crippen molar-refractivity contribution in [2.24, 2.45) is 5.73 Å². The van der Waals surface area contributed by atoms with Crippen molar-refractivity contribution in [1.82, 2.24) is 5.32 Å². The van der Waals surface area contributed by atoms with Gasteiger partial charge in [-0.05, 0) is 36.6 Å². The molecule has 1 fully saturated rings. The minimum Gasteiger partial charge on any atom is -0.350 e. The lowest BCUT2D eigenvalue weighted by molar-refractivity contribution is -0.117. The molecule has 0 aromatic heterocycles. The second-order valence-corrected chi connectivity index (χ2v) is 4.76. The molecular weight excluding hydrogens is 236 g/mol. The Morgan fingerprint density at radius 3 is 2.59 bits per heavy atom. The molecule has 3 nitrogen and oxygen atoms in total. The van der Waals surface area contributed by atoms with Crippen LogP contribution in [0.3, 0.4) is 0 Å². The van der Waals surface area contributed by atoms with E-state index in [4.69, 9.17) is 17.3 Å². The van der Waals surface area contributed by atoms with E-state index in [1.165, 1.54) is 6.08 Å². The van der Waals surface area contributed by atoms with Crippen LogP contribution in [0.25, 0.3) is 6.08 Å². The SMILES string of the molecule is NC1CC(NC(=O)/C=C/c2ccc(Cl)cc2)C1. The van der Waals surface area contributed by atoms with Crippen molar-refractivity contribution in [2.75, 3.05) is 0 Å². The van der Waals surface area contributed by atoms with Crippen LogP contribution in [0.4, 0.5) is 0 Å². The number of carbonyl (C=O) groups excluding carboxylic acids is 1. The minimum absolute atomic E-state index is 0.0724. The molecule has 4 heteroatoms. The highest BCUT2D eigenvalue weighted by atomic mass is 35.5. The molecule has 0 saturated heterocycles. The van der Waals surface area contributed by atoms with Crippen molar-refractivity contribution in [3.8, 4) is 0 Å². The summed E-state index contributed by atoms with van der Waals surface area (Å²) in [5.41, 5.74) is 6.60. The van der Waals surface area contributed by atoms with Crippen LogP contribution in [0.1, 0.15) is 18.4 Å². The molecule has 1 aliphatic rings. The molecule has 1 saturated carbocycles. The summed E-state index contributed by atoms with van der Waals surface area (Å²) in [6.07, 6.45) is 5.05. The van der Waals surface area contributed by atoms with Crippen LogP contribution in [-0.2, 0) is 4.79 Å². The summed E-state index contributed by atoms with van der Waals surface area (Å²) in [4.78, 5) is 11.5. The normalized spacial score (nSPS) is 23.4. The van der Waals surface area contributed by atoms with Gasteiger partial charge in [0.05, 0.1) is 0 Å². The molecule has 0 spiro atoms. The van der Waals surface area contributed by atoms with E-state index in [1.54, 1.807) is 18.2 Å². The van der Waals surface area contributed by atoms with Gasteiger partial charge in [0, 0.05) is 23.2 Å². The molecule has 0 aliphatic heterocycles. The Bertz CT molecular complexity index is 422. The molecule has 1 aromatic carbocycles. The van der Waals surface area contributed by atoms with Crippen LogP contribution in [0, 0.1) is 0 Å². The zero-order valence-corrected chi connectivity index (χ0v) is 10.2. The molecule has 0 atom stereocenters. The van der Waals surface area contributed by atoms with Crippen molar-refractivity contribution >= 4 is 23.6 Å². The van der Waals surface area contributed by atoms with Gasteiger partial charge in [-0.1, -0.05) is 23.7 Å². The molecule has 0 radical (unpaired) electrons. The molecule has 90 valence electrons. The van der Waals surface area contributed by atoms with E-state index in [1.807, 2.05) is 12.1 Å². The Morgan fingerprint density at radius 1 is 1.35 bits per heavy atom. The predicted octanol–water partition coefficient (Wildman–Crippen LogP) is 1.96. The molecule has 0 heterocycles. The zero-order valence-electron chi connectivity index (χ0n) is 9.40. The quantitative estimate of drug-likeness (QED) is 0.806. The first-order chi connectivity index (χ1) is 8.13. The zero-order chi connectivity index (χ0) is 12.3. The van der Waals surface area contributed by atoms with Gasteiger partial charge >= 0.3 is 0 Å². The first-order valence-electron chi connectivity index (χ1n) is 5.63. The summed E-state index contributed by atoms with van der Waals surface area (Å²) in [6.45, 7) is 0. The van der Waals surface area contributed by atoms with Gasteiger partial charge in [-0.3, -0.25) is 4.79 Å². The number of halogens is 1. The molecule has 3 N–H and O–H groups in total. The Morgan fingerprint density at radius 2 is 2.00 bits per heavy atom. The smallest absolute Gasteiger partial charge is 0.244 e. The molecule has 17 heavy (non-hydrogen) atoms. The van der Waals surface area contributed by atoms with Crippen LogP contribution >= 0.6 is 11.6 Å². The van der Waals surface area contributed by atoms with Crippen molar-refractivity contribution < 1.29 is 4.79 Å². The number of hydrogen-bond donors (Lipinski definition) is 2. The second-order valence-electron chi connectivity index (χ2n) is 4.32. The number of amides is 1. The van der Waals surface area contributed by atoms with Gasteiger partial charge in [-0.2, -0.15) is 0 Å². The molecular formula is C13H15ClN2O. The maximum Gasteiger partial charge on any atom is 0.244 e. The average Bonchev–Trinajstić information content (AvgIpc) is 2.26. The van der Waals surface area contributed by atoms with Gasteiger partial charge in [0.2, 0.25) is 5.91 Å². The van der Waals surface area contributed by atoms with E-state index in [9.17, 15) is 4.79 Å². The number of nitrogens with one attached hydrogen (secondary N) is 1. The van der Waals surface area contributed by atoms with Gasteiger partial charge in [-0.15, -0.1) is 0 Å². The number of carbonyl (C=O) groups is 1. The first kappa shape index (κ1) is 12.1. The van der Waals surface area contributed by atoms with Crippen molar-refractivity contribution in [1.29, 1.82) is 0 Å². The topological polar surface area (TPSA) is 55.1 Å². The molecule has 1 aromatic rings. The lowest BCUT2D eigenvalue weighted by Gasteiger charge is -2.32. The monoisotopic (exact) mass is 250 g/mol. The average molecular weight is 251 g/mol.